The average molecular weight is 225 g/mol. The fraction of sp³-hybridized carbons (Fsp3) is 0.750. The van der Waals surface area contributed by atoms with Crippen molar-refractivity contribution >= 4 is 0 Å². The van der Waals surface area contributed by atoms with Crippen molar-refractivity contribution in [3.05, 3.63) is 18.2 Å². The summed E-state index contributed by atoms with van der Waals surface area (Å²) in [6, 6.07) is 0.176. The molecule has 0 bridgehead atoms. The van der Waals surface area contributed by atoms with E-state index in [2.05, 4.69) is 28.7 Å². The molecule has 0 saturated carbocycles. The van der Waals surface area contributed by atoms with E-state index < -0.39 is 0 Å². The van der Waals surface area contributed by atoms with E-state index in [1.807, 2.05) is 19.4 Å². The van der Waals surface area contributed by atoms with E-state index in [9.17, 15) is 0 Å². The van der Waals surface area contributed by atoms with Crippen LogP contribution in [0.25, 0.3) is 0 Å². The molecule has 1 heterocycles. The van der Waals surface area contributed by atoms with Crippen LogP contribution in [0.3, 0.4) is 0 Å². The third kappa shape index (κ3) is 3.06. The Morgan fingerprint density at radius 3 is 2.69 bits per heavy atom. The van der Waals surface area contributed by atoms with Crippen molar-refractivity contribution < 1.29 is 4.74 Å². The summed E-state index contributed by atoms with van der Waals surface area (Å²) in [6.07, 6.45) is 6.07. The minimum absolute atomic E-state index is 0.174. The van der Waals surface area contributed by atoms with Crippen LogP contribution >= 0.6 is 0 Å². The normalized spacial score (nSPS) is 15.0. The van der Waals surface area contributed by atoms with Crippen LogP contribution in [0.5, 0.6) is 0 Å². The van der Waals surface area contributed by atoms with Gasteiger partial charge >= 0.3 is 0 Å². The van der Waals surface area contributed by atoms with Crippen LogP contribution < -0.4 is 5.32 Å². The second-order valence-corrected chi connectivity index (χ2v) is 4.01. The van der Waals surface area contributed by atoms with Crippen molar-refractivity contribution in [2.75, 3.05) is 13.7 Å². The number of imidazole rings is 1. The maximum absolute atomic E-state index is 5.52. The Kier molecular flexibility index (Phi) is 5.49. The predicted octanol–water partition coefficient (Wildman–Crippen LogP) is 1.89. The molecule has 4 nitrogen and oxygen atoms in total. The Morgan fingerprint density at radius 2 is 2.25 bits per heavy atom. The first-order valence-electron chi connectivity index (χ1n) is 5.97. The van der Waals surface area contributed by atoms with Crippen molar-refractivity contribution in [3.63, 3.8) is 0 Å². The Bertz CT molecular complexity index is 294. The minimum atomic E-state index is 0.174. The summed E-state index contributed by atoms with van der Waals surface area (Å²) in [5, 5.41) is 3.51. The number of nitrogens with zero attached hydrogens (tertiary/aromatic N) is 2. The summed E-state index contributed by atoms with van der Waals surface area (Å²) in [7, 11) is 3.78. The standard InChI is InChI=1S/C12H23N3O/c1-5-7-13-11(10(6-2)16-4)12-14-8-9-15(12)3/h8-11,13H,5-7H2,1-4H3. The largest absolute Gasteiger partial charge is 0.379 e. The van der Waals surface area contributed by atoms with E-state index >= 15 is 0 Å². The first-order valence-corrected chi connectivity index (χ1v) is 5.97. The summed E-state index contributed by atoms with van der Waals surface area (Å²) in [4.78, 5) is 4.41. The van der Waals surface area contributed by atoms with Crippen molar-refractivity contribution in [1.82, 2.24) is 14.9 Å². The molecule has 0 radical (unpaired) electrons. The van der Waals surface area contributed by atoms with Gasteiger partial charge in [-0.3, -0.25) is 0 Å². The number of aryl methyl sites for hydroxylation is 1. The van der Waals surface area contributed by atoms with Crippen LogP contribution in [0.4, 0.5) is 0 Å². The van der Waals surface area contributed by atoms with Gasteiger partial charge in [0.2, 0.25) is 0 Å². The maximum Gasteiger partial charge on any atom is 0.128 e. The Labute approximate surface area is 98.0 Å². The molecule has 0 saturated heterocycles. The fourth-order valence-corrected chi connectivity index (χ4v) is 1.90. The zero-order chi connectivity index (χ0) is 12.0. The summed E-state index contributed by atoms with van der Waals surface area (Å²) >= 11 is 0. The van der Waals surface area contributed by atoms with Crippen molar-refractivity contribution in [1.29, 1.82) is 0 Å². The van der Waals surface area contributed by atoms with Crippen LogP contribution in [0.2, 0.25) is 0 Å². The number of rotatable bonds is 7. The first-order chi connectivity index (χ1) is 7.74. The van der Waals surface area contributed by atoms with Gasteiger partial charge in [0.15, 0.2) is 0 Å². The molecular weight excluding hydrogens is 202 g/mol. The summed E-state index contributed by atoms with van der Waals surface area (Å²) in [5.41, 5.74) is 0. The predicted molar refractivity (Wildman–Crippen MR) is 65.3 cm³/mol. The molecule has 2 atom stereocenters. The van der Waals surface area contributed by atoms with Gasteiger partial charge in [0, 0.05) is 26.6 Å². The highest BCUT2D eigenvalue weighted by molar-refractivity contribution is 5.01. The molecule has 0 aliphatic heterocycles. The van der Waals surface area contributed by atoms with E-state index in [1.54, 1.807) is 7.11 Å². The second kappa shape index (κ2) is 6.66. The van der Waals surface area contributed by atoms with Crippen LogP contribution in [0.15, 0.2) is 12.4 Å². The molecule has 2 unspecified atom stereocenters. The average Bonchev–Trinajstić information content (AvgIpc) is 2.71. The molecule has 0 spiro atoms. The second-order valence-electron chi connectivity index (χ2n) is 4.01. The summed E-state index contributed by atoms with van der Waals surface area (Å²) in [5.74, 6) is 1.04. The van der Waals surface area contributed by atoms with E-state index in [-0.39, 0.29) is 12.1 Å². The SMILES string of the molecule is CCCNC(c1nccn1C)C(CC)OC. The lowest BCUT2D eigenvalue weighted by molar-refractivity contribution is 0.0615. The molecule has 0 aliphatic carbocycles. The van der Waals surface area contributed by atoms with Gasteiger partial charge in [0.25, 0.3) is 0 Å². The number of nitrogens with one attached hydrogen (secondary N) is 1. The van der Waals surface area contributed by atoms with Gasteiger partial charge in [-0.05, 0) is 19.4 Å². The first kappa shape index (κ1) is 13.2. The minimum Gasteiger partial charge on any atom is -0.379 e. The summed E-state index contributed by atoms with van der Waals surface area (Å²) < 4.78 is 7.57. The number of hydrogen-bond donors (Lipinski definition) is 1. The Balaban J connectivity index is 2.82. The van der Waals surface area contributed by atoms with E-state index in [4.69, 9.17) is 4.74 Å². The Morgan fingerprint density at radius 1 is 1.50 bits per heavy atom. The molecule has 4 heteroatoms. The van der Waals surface area contributed by atoms with E-state index in [1.165, 1.54) is 0 Å². The lowest BCUT2D eigenvalue weighted by Gasteiger charge is -2.25. The van der Waals surface area contributed by atoms with Gasteiger partial charge in [-0.15, -0.1) is 0 Å². The zero-order valence-electron chi connectivity index (χ0n) is 10.7. The number of methoxy groups -OCH3 is 1. The van der Waals surface area contributed by atoms with Gasteiger partial charge < -0.3 is 14.6 Å². The third-order valence-corrected chi connectivity index (χ3v) is 2.83. The number of ether oxygens (including phenoxy) is 1. The molecular formula is C12H23N3O. The molecule has 1 aromatic heterocycles. The molecule has 0 amide bonds. The van der Waals surface area contributed by atoms with E-state index in [0.29, 0.717) is 0 Å². The van der Waals surface area contributed by atoms with Gasteiger partial charge in [-0.1, -0.05) is 13.8 Å². The molecule has 0 aliphatic rings. The molecule has 0 aromatic carbocycles. The van der Waals surface area contributed by atoms with Gasteiger partial charge in [0.05, 0.1) is 12.1 Å². The van der Waals surface area contributed by atoms with E-state index in [0.717, 1.165) is 25.2 Å². The lowest BCUT2D eigenvalue weighted by atomic mass is 10.1. The van der Waals surface area contributed by atoms with Crippen molar-refractivity contribution in [2.24, 2.45) is 7.05 Å². The van der Waals surface area contributed by atoms with Crippen LogP contribution in [0.1, 0.15) is 38.6 Å². The zero-order valence-corrected chi connectivity index (χ0v) is 10.7. The van der Waals surface area contributed by atoms with Gasteiger partial charge in [0.1, 0.15) is 5.82 Å². The Hall–Kier alpha value is -0.870. The molecule has 16 heavy (non-hydrogen) atoms. The van der Waals surface area contributed by atoms with Crippen LogP contribution in [0, 0.1) is 0 Å². The molecule has 1 aromatic rings. The fourth-order valence-electron chi connectivity index (χ4n) is 1.90. The highest BCUT2D eigenvalue weighted by atomic mass is 16.5. The molecule has 1 N–H and O–H groups in total. The highest BCUT2D eigenvalue weighted by Gasteiger charge is 2.24. The molecule has 0 fully saturated rings. The van der Waals surface area contributed by atoms with Crippen molar-refractivity contribution in [3.8, 4) is 0 Å². The van der Waals surface area contributed by atoms with Gasteiger partial charge in [-0.2, -0.15) is 0 Å². The maximum atomic E-state index is 5.52. The lowest BCUT2D eigenvalue weighted by Crippen LogP contribution is -2.35. The monoisotopic (exact) mass is 225 g/mol. The number of aromatic nitrogens is 2. The van der Waals surface area contributed by atoms with Crippen molar-refractivity contribution in [2.45, 2.75) is 38.8 Å². The topological polar surface area (TPSA) is 39.1 Å². The van der Waals surface area contributed by atoms with Gasteiger partial charge in [-0.25, -0.2) is 4.98 Å². The number of hydrogen-bond acceptors (Lipinski definition) is 3. The molecule has 92 valence electrons. The quantitative estimate of drug-likeness (QED) is 0.770. The highest BCUT2D eigenvalue weighted by Crippen LogP contribution is 2.19. The third-order valence-electron chi connectivity index (χ3n) is 2.83. The molecule has 1 rings (SSSR count). The smallest absolute Gasteiger partial charge is 0.128 e. The van der Waals surface area contributed by atoms with Crippen LogP contribution in [-0.4, -0.2) is 29.3 Å². The van der Waals surface area contributed by atoms with Crippen LogP contribution in [-0.2, 0) is 11.8 Å². The summed E-state index contributed by atoms with van der Waals surface area (Å²) in [6.45, 7) is 5.28.